The molecule has 0 aromatic carbocycles. The van der Waals surface area contributed by atoms with Crippen LogP contribution in [0.5, 0.6) is 0 Å². The predicted octanol–water partition coefficient (Wildman–Crippen LogP) is 1.11. The maximum absolute atomic E-state index is 12.5. The van der Waals surface area contributed by atoms with Crippen molar-refractivity contribution in [1.82, 2.24) is 15.1 Å². The molecule has 0 aromatic heterocycles. The molecule has 20 heavy (non-hydrogen) atoms. The summed E-state index contributed by atoms with van der Waals surface area (Å²) >= 11 is 0. The van der Waals surface area contributed by atoms with Crippen LogP contribution in [0.4, 0.5) is 4.79 Å². The van der Waals surface area contributed by atoms with Crippen LogP contribution >= 0.6 is 0 Å². The van der Waals surface area contributed by atoms with Gasteiger partial charge in [-0.15, -0.1) is 0 Å². The molecule has 0 atom stereocenters. The Morgan fingerprint density at radius 1 is 1.20 bits per heavy atom. The van der Waals surface area contributed by atoms with Gasteiger partial charge in [0.25, 0.3) is 5.91 Å². The average molecular weight is 281 g/mol. The molecule has 1 aliphatic carbocycles. The molecule has 6 heteroatoms. The van der Waals surface area contributed by atoms with Crippen LogP contribution in [0.25, 0.3) is 0 Å². The van der Waals surface area contributed by atoms with Crippen LogP contribution in [0.15, 0.2) is 0 Å². The van der Waals surface area contributed by atoms with E-state index in [1.807, 2.05) is 13.8 Å². The molecule has 0 radical (unpaired) electrons. The number of amides is 4. The number of carbonyl (C=O) groups is 3. The van der Waals surface area contributed by atoms with Gasteiger partial charge in [0.1, 0.15) is 12.1 Å². The van der Waals surface area contributed by atoms with Crippen LogP contribution in [-0.4, -0.2) is 52.8 Å². The van der Waals surface area contributed by atoms with Crippen molar-refractivity contribution >= 4 is 17.8 Å². The molecule has 6 nitrogen and oxygen atoms in total. The minimum Gasteiger partial charge on any atom is -0.342 e. The van der Waals surface area contributed by atoms with Crippen molar-refractivity contribution in [3.05, 3.63) is 0 Å². The van der Waals surface area contributed by atoms with Crippen molar-refractivity contribution < 1.29 is 14.4 Å². The number of nitrogens with one attached hydrogen (secondary N) is 1. The Morgan fingerprint density at radius 3 is 2.35 bits per heavy atom. The van der Waals surface area contributed by atoms with Gasteiger partial charge in [-0.2, -0.15) is 0 Å². The Labute approximate surface area is 119 Å². The van der Waals surface area contributed by atoms with Gasteiger partial charge in [0.05, 0.1) is 0 Å². The largest absolute Gasteiger partial charge is 0.342 e. The highest BCUT2D eigenvalue weighted by Crippen LogP contribution is 2.33. The van der Waals surface area contributed by atoms with E-state index in [0.29, 0.717) is 25.9 Å². The van der Waals surface area contributed by atoms with E-state index in [4.69, 9.17) is 0 Å². The van der Waals surface area contributed by atoms with Gasteiger partial charge in [-0.3, -0.25) is 14.5 Å². The minimum atomic E-state index is -0.737. The lowest BCUT2D eigenvalue weighted by molar-refractivity contribution is -0.139. The van der Waals surface area contributed by atoms with E-state index in [1.54, 1.807) is 4.90 Å². The molecule has 1 saturated carbocycles. The van der Waals surface area contributed by atoms with Crippen LogP contribution in [0, 0.1) is 0 Å². The summed E-state index contributed by atoms with van der Waals surface area (Å²) < 4.78 is 0. The normalized spacial score (nSPS) is 21.2. The van der Waals surface area contributed by atoms with Gasteiger partial charge in [-0.1, -0.05) is 19.3 Å². The minimum absolute atomic E-state index is 0.145. The van der Waals surface area contributed by atoms with Gasteiger partial charge in [0.15, 0.2) is 0 Å². The number of imide groups is 1. The molecule has 1 heterocycles. The highest BCUT2D eigenvalue weighted by molar-refractivity contribution is 6.09. The van der Waals surface area contributed by atoms with E-state index >= 15 is 0 Å². The topological polar surface area (TPSA) is 69.7 Å². The molecule has 2 rings (SSSR count). The van der Waals surface area contributed by atoms with E-state index in [-0.39, 0.29) is 18.4 Å². The lowest BCUT2D eigenvalue weighted by Crippen LogP contribution is -2.49. The molecule has 1 spiro atoms. The van der Waals surface area contributed by atoms with E-state index < -0.39 is 11.6 Å². The summed E-state index contributed by atoms with van der Waals surface area (Å²) in [5.74, 6) is -0.394. The van der Waals surface area contributed by atoms with Crippen molar-refractivity contribution in [2.45, 2.75) is 51.5 Å². The van der Waals surface area contributed by atoms with Gasteiger partial charge >= 0.3 is 6.03 Å². The van der Waals surface area contributed by atoms with Gasteiger partial charge in [0, 0.05) is 13.1 Å². The molecule has 1 saturated heterocycles. The lowest BCUT2D eigenvalue weighted by Gasteiger charge is -2.30. The first-order valence-corrected chi connectivity index (χ1v) is 7.46. The lowest BCUT2D eigenvalue weighted by atomic mass is 9.82. The number of nitrogens with zero attached hydrogens (tertiary/aromatic N) is 2. The van der Waals surface area contributed by atoms with Crippen molar-refractivity contribution in [2.24, 2.45) is 0 Å². The summed E-state index contributed by atoms with van der Waals surface area (Å²) in [6, 6.07) is -0.419. The predicted molar refractivity (Wildman–Crippen MR) is 74.0 cm³/mol. The van der Waals surface area contributed by atoms with E-state index in [0.717, 1.165) is 24.2 Å². The first-order valence-electron chi connectivity index (χ1n) is 7.46. The second kappa shape index (κ2) is 5.81. The van der Waals surface area contributed by atoms with Gasteiger partial charge in [0.2, 0.25) is 5.91 Å². The Hall–Kier alpha value is -1.59. The Bertz CT molecular complexity index is 412. The number of urea groups is 1. The number of carbonyl (C=O) groups excluding carboxylic acids is 3. The zero-order chi connectivity index (χ0) is 14.8. The molecular formula is C14H23N3O3. The van der Waals surface area contributed by atoms with E-state index in [1.165, 1.54) is 0 Å². The molecule has 0 aromatic rings. The molecule has 112 valence electrons. The number of likely N-dealkylation sites (N-methyl/N-ethyl adjacent to an activating group) is 1. The summed E-state index contributed by atoms with van der Waals surface area (Å²) in [6.07, 6.45) is 4.37. The molecule has 2 fully saturated rings. The van der Waals surface area contributed by atoms with Crippen molar-refractivity contribution in [3.63, 3.8) is 0 Å². The van der Waals surface area contributed by atoms with Crippen LogP contribution in [0.1, 0.15) is 46.0 Å². The molecular weight excluding hydrogens is 258 g/mol. The molecule has 4 amide bonds. The maximum atomic E-state index is 12.5. The highest BCUT2D eigenvalue weighted by Gasteiger charge is 2.51. The second-order valence-corrected chi connectivity index (χ2v) is 5.53. The molecule has 0 bridgehead atoms. The fourth-order valence-corrected chi connectivity index (χ4v) is 3.13. The number of hydrogen-bond acceptors (Lipinski definition) is 3. The summed E-state index contributed by atoms with van der Waals surface area (Å²) in [5, 5.41) is 2.82. The zero-order valence-electron chi connectivity index (χ0n) is 12.3. The van der Waals surface area contributed by atoms with E-state index in [2.05, 4.69) is 5.32 Å². The molecule has 0 unspecified atom stereocenters. The highest BCUT2D eigenvalue weighted by atomic mass is 16.2. The number of hydrogen-bond donors (Lipinski definition) is 1. The molecule has 1 N–H and O–H groups in total. The Morgan fingerprint density at radius 2 is 1.80 bits per heavy atom. The fourth-order valence-electron chi connectivity index (χ4n) is 3.13. The molecule has 1 aliphatic heterocycles. The standard InChI is InChI=1S/C14H23N3O3/c1-3-16(4-2)11(18)10-17-12(19)14(15-13(17)20)8-6-5-7-9-14/h3-10H2,1-2H3,(H,15,20). The summed E-state index contributed by atoms with van der Waals surface area (Å²) in [7, 11) is 0. The van der Waals surface area contributed by atoms with Crippen molar-refractivity contribution in [1.29, 1.82) is 0 Å². The smallest absolute Gasteiger partial charge is 0.325 e. The maximum Gasteiger partial charge on any atom is 0.325 e. The summed E-state index contributed by atoms with van der Waals surface area (Å²) in [4.78, 5) is 39.3. The fraction of sp³-hybridized carbons (Fsp3) is 0.786. The average Bonchev–Trinajstić information content (AvgIpc) is 2.66. The van der Waals surface area contributed by atoms with E-state index in [9.17, 15) is 14.4 Å². The molecule has 2 aliphatic rings. The zero-order valence-corrected chi connectivity index (χ0v) is 12.3. The van der Waals surface area contributed by atoms with Crippen LogP contribution in [0.3, 0.4) is 0 Å². The van der Waals surface area contributed by atoms with Crippen LogP contribution in [-0.2, 0) is 9.59 Å². The quantitative estimate of drug-likeness (QED) is 0.785. The van der Waals surface area contributed by atoms with Crippen molar-refractivity contribution in [2.75, 3.05) is 19.6 Å². The monoisotopic (exact) mass is 281 g/mol. The van der Waals surface area contributed by atoms with Crippen molar-refractivity contribution in [3.8, 4) is 0 Å². The summed E-state index contributed by atoms with van der Waals surface area (Å²) in [5.41, 5.74) is -0.737. The third-order valence-electron chi connectivity index (χ3n) is 4.36. The Balaban J connectivity index is 2.07. The SMILES string of the molecule is CCN(CC)C(=O)CN1C(=O)NC2(CCCCC2)C1=O. The van der Waals surface area contributed by atoms with Crippen LogP contribution < -0.4 is 5.32 Å². The second-order valence-electron chi connectivity index (χ2n) is 5.53. The third kappa shape index (κ3) is 2.51. The van der Waals surface area contributed by atoms with Crippen LogP contribution in [0.2, 0.25) is 0 Å². The van der Waals surface area contributed by atoms with Gasteiger partial charge in [-0.05, 0) is 26.7 Å². The first kappa shape index (κ1) is 14.8. The van der Waals surface area contributed by atoms with Gasteiger partial charge < -0.3 is 10.2 Å². The third-order valence-corrected chi connectivity index (χ3v) is 4.36. The van der Waals surface area contributed by atoms with Gasteiger partial charge in [-0.25, -0.2) is 4.79 Å². The Kier molecular flexibility index (Phi) is 4.30. The summed E-state index contributed by atoms with van der Waals surface area (Å²) in [6.45, 7) is 4.80. The number of rotatable bonds is 4. The first-order chi connectivity index (χ1) is 9.54.